The fraction of sp³-hybridized carbons (Fsp3) is 0.500. The van der Waals surface area contributed by atoms with E-state index in [-0.39, 0.29) is 0 Å². The van der Waals surface area contributed by atoms with Crippen LogP contribution in [0, 0.1) is 25.2 Å². The van der Waals surface area contributed by atoms with E-state index in [0.717, 1.165) is 30.6 Å². The van der Waals surface area contributed by atoms with Crippen molar-refractivity contribution in [2.75, 3.05) is 18.4 Å². The second kappa shape index (κ2) is 6.09. The Balaban J connectivity index is 2.75. The highest BCUT2D eigenvalue weighted by Gasteiger charge is 2.07. The lowest BCUT2D eigenvalue weighted by Gasteiger charge is -2.09. The first-order valence-corrected chi connectivity index (χ1v) is 5.51. The molecule has 1 aromatic rings. The summed E-state index contributed by atoms with van der Waals surface area (Å²) in [5.74, 6) is 0.692. The number of pyridine rings is 1. The fourth-order valence-corrected chi connectivity index (χ4v) is 1.58. The molecular weight excluding hydrogens is 200 g/mol. The minimum Gasteiger partial charge on any atom is -0.369 e. The molecule has 0 amide bonds. The van der Waals surface area contributed by atoms with Crippen LogP contribution in [-0.4, -0.2) is 18.1 Å². The molecule has 0 aliphatic carbocycles. The summed E-state index contributed by atoms with van der Waals surface area (Å²) in [4.78, 5) is 4.34. The average Bonchev–Trinajstić information content (AvgIpc) is 2.24. The topological polar surface area (TPSA) is 74.7 Å². The Bertz CT molecular complexity index is 393. The highest BCUT2D eigenvalue weighted by molar-refractivity contribution is 5.56. The van der Waals surface area contributed by atoms with Gasteiger partial charge in [0.2, 0.25) is 0 Å². The molecule has 0 atom stereocenters. The molecule has 1 heterocycles. The maximum Gasteiger partial charge on any atom is 0.144 e. The number of nitrogens with one attached hydrogen (secondary N) is 1. The molecule has 3 N–H and O–H groups in total. The van der Waals surface area contributed by atoms with Crippen molar-refractivity contribution in [1.82, 2.24) is 4.98 Å². The Morgan fingerprint density at radius 2 is 2.19 bits per heavy atom. The first-order chi connectivity index (χ1) is 7.69. The maximum absolute atomic E-state index is 9.04. The van der Waals surface area contributed by atoms with Gasteiger partial charge in [0.25, 0.3) is 0 Å². The molecule has 0 spiro atoms. The lowest BCUT2D eigenvalue weighted by Crippen LogP contribution is -2.09. The summed E-state index contributed by atoms with van der Waals surface area (Å²) in [5, 5.41) is 12.2. The number of nitrogens with zero attached hydrogens (tertiary/aromatic N) is 2. The Hall–Kier alpha value is -1.60. The third kappa shape index (κ3) is 3.21. The van der Waals surface area contributed by atoms with Crippen molar-refractivity contribution in [2.24, 2.45) is 5.73 Å². The highest BCUT2D eigenvalue weighted by atomic mass is 15.0. The quantitative estimate of drug-likeness (QED) is 0.738. The summed E-state index contributed by atoms with van der Waals surface area (Å²) in [6.07, 6.45) is 1.98. The molecule has 0 radical (unpaired) electrons. The summed E-state index contributed by atoms with van der Waals surface area (Å²) in [7, 11) is 0. The molecule has 0 bridgehead atoms. The second-order valence-corrected chi connectivity index (χ2v) is 3.84. The molecule has 0 fully saturated rings. The zero-order valence-electron chi connectivity index (χ0n) is 9.88. The van der Waals surface area contributed by atoms with Crippen LogP contribution in [0.5, 0.6) is 0 Å². The Morgan fingerprint density at radius 1 is 1.44 bits per heavy atom. The third-order valence-corrected chi connectivity index (χ3v) is 2.38. The molecule has 0 saturated carbocycles. The largest absolute Gasteiger partial charge is 0.369 e. The molecule has 16 heavy (non-hydrogen) atoms. The van der Waals surface area contributed by atoms with Crippen LogP contribution in [0.3, 0.4) is 0 Å². The van der Waals surface area contributed by atoms with Crippen molar-refractivity contribution in [3.05, 3.63) is 22.9 Å². The summed E-state index contributed by atoms with van der Waals surface area (Å²) in [6, 6.07) is 4.10. The molecule has 4 nitrogen and oxygen atoms in total. The van der Waals surface area contributed by atoms with Gasteiger partial charge in [0.1, 0.15) is 11.9 Å². The van der Waals surface area contributed by atoms with E-state index in [1.165, 1.54) is 0 Å². The molecule has 1 aromatic heterocycles. The van der Waals surface area contributed by atoms with Gasteiger partial charge in [0, 0.05) is 12.2 Å². The van der Waals surface area contributed by atoms with Crippen molar-refractivity contribution in [3.8, 4) is 6.07 Å². The zero-order valence-corrected chi connectivity index (χ0v) is 9.88. The van der Waals surface area contributed by atoms with Gasteiger partial charge in [-0.25, -0.2) is 4.98 Å². The van der Waals surface area contributed by atoms with E-state index in [9.17, 15) is 0 Å². The number of anilines is 1. The van der Waals surface area contributed by atoms with Crippen LogP contribution in [-0.2, 0) is 0 Å². The molecule has 0 aliphatic rings. The molecule has 0 aromatic carbocycles. The SMILES string of the molecule is Cc1cc(C)c(C#N)c(NCCCCN)n1. The van der Waals surface area contributed by atoms with Crippen molar-refractivity contribution < 1.29 is 0 Å². The molecule has 0 saturated heterocycles. The van der Waals surface area contributed by atoms with Crippen LogP contribution in [0.15, 0.2) is 6.07 Å². The van der Waals surface area contributed by atoms with Crippen molar-refractivity contribution >= 4 is 5.82 Å². The average molecular weight is 218 g/mol. The van der Waals surface area contributed by atoms with Gasteiger partial charge in [0.15, 0.2) is 0 Å². The van der Waals surface area contributed by atoms with Gasteiger partial charge >= 0.3 is 0 Å². The minimum absolute atomic E-state index is 0.637. The van der Waals surface area contributed by atoms with E-state index in [0.29, 0.717) is 17.9 Å². The monoisotopic (exact) mass is 218 g/mol. The van der Waals surface area contributed by atoms with Crippen LogP contribution >= 0.6 is 0 Å². The predicted octanol–water partition coefficient (Wildman–Crippen LogP) is 1.72. The Kier molecular flexibility index (Phi) is 4.74. The van der Waals surface area contributed by atoms with Crippen LogP contribution in [0.4, 0.5) is 5.82 Å². The molecule has 1 rings (SSSR count). The van der Waals surface area contributed by atoms with Crippen LogP contribution in [0.25, 0.3) is 0 Å². The molecule has 4 heteroatoms. The number of nitrogens with two attached hydrogens (primary N) is 1. The first kappa shape index (κ1) is 12.5. The van der Waals surface area contributed by atoms with Gasteiger partial charge in [-0.2, -0.15) is 5.26 Å². The number of unbranched alkanes of at least 4 members (excludes halogenated alkanes) is 1. The van der Waals surface area contributed by atoms with Gasteiger partial charge in [-0.1, -0.05) is 0 Å². The maximum atomic E-state index is 9.04. The van der Waals surface area contributed by atoms with Gasteiger partial charge in [-0.3, -0.25) is 0 Å². The molecular formula is C12H18N4. The number of rotatable bonds is 5. The summed E-state index contributed by atoms with van der Waals surface area (Å²) in [6.45, 7) is 5.37. The number of hydrogen-bond acceptors (Lipinski definition) is 4. The standard InChI is InChI=1S/C12H18N4/c1-9-7-10(2)16-12(11(9)8-14)15-6-4-3-5-13/h7H,3-6,13H2,1-2H3,(H,15,16). The van der Waals surface area contributed by atoms with E-state index < -0.39 is 0 Å². The molecule has 0 aliphatic heterocycles. The first-order valence-electron chi connectivity index (χ1n) is 5.51. The van der Waals surface area contributed by atoms with Crippen LogP contribution in [0.2, 0.25) is 0 Å². The van der Waals surface area contributed by atoms with Crippen LogP contribution < -0.4 is 11.1 Å². The van der Waals surface area contributed by atoms with E-state index in [4.69, 9.17) is 11.0 Å². The molecule has 0 unspecified atom stereocenters. The van der Waals surface area contributed by atoms with Gasteiger partial charge in [-0.15, -0.1) is 0 Å². The van der Waals surface area contributed by atoms with Gasteiger partial charge < -0.3 is 11.1 Å². The summed E-state index contributed by atoms with van der Waals surface area (Å²) < 4.78 is 0. The zero-order chi connectivity index (χ0) is 12.0. The number of aromatic nitrogens is 1. The lowest BCUT2D eigenvalue weighted by atomic mass is 10.1. The lowest BCUT2D eigenvalue weighted by molar-refractivity contribution is 0.772. The second-order valence-electron chi connectivity index (χ2n) is 3.84. The van der Waals surface area contributed by atoms with Crippen molar-refractivity contribution in [1.29, 1.82) is 5.26 Å². The third-order valence-electron chi connectivity index (χ3n) is 2.38. The van der Waals surface area contributed by atoms with E-state index in [1.54, 1.807) is 0 Å². The fourth-order valence-electron chi connectivity index (χ4n) is 1.58. The normalized spacial score (nSPS) is 9.88. The van der Waals surface area contributed by atoms with Crippen LogP contribution in [0.1, 0.15) is 29.7 Å². The Labute approximate surface area is 96.5 Å². The van der Waals surface area contributed by atoms with E-state index in [1.807, 2.05) is 19.9 Å². The van der Waals surface area contributed by atoms with E-state index >= 15 is 0 Å². The van der Waals surface area contributed by atoms with Crippen molar-refractivity contribution in [2.45, 2.75) is 26.7 Å². The highest BCUT2D eigenvalue weighted by Crippen LogP contribution is 2.17. The predicted molar refractivity (Wildman–Crippen MR) is 65.2 cm³/mol. The minimum atomic E-state index is 0.637. The summed E-state index contributed by atoms with van der Waals surface area (Å²) in [5.41, 5.74) is 7.95. The van der Waals surface area contributed by atoms with Gasteiger partial charge in [-0.05, 0) is 44.9 Å². The Morgan fingerprint density at radius 3 is 2.81 bits per heavy atom. The smallest absolute Gasteiger partial charge is 0.144 e. The van der Waals surface area contributed by atoms with Gasteiger partial charge in [0.05, 0.1) is 5.56 Å². The number of hydrogen-bond donors (Lipinski definition) is 2. The molecule has 86 valence electrons. The summed E-state index contributed by atoms with van der Waals surface area (Å²) >= 11 is 0. The van der Waals surface area contributed by atoms with Crippen molar-refractivity contribution in [3.63, 3.8) is 0 Å². The number of aryl methyl sites for hydroxylation is 2. The van der Waals surface area contributed by atoms with E-state index in [2.05, 4.69) is 16.4 Å². The number of nitriles is 1.